The molecule has 1 saturated carbocycles. The van der Waals surface area contributed by atoms with Gasteiger partial charge in [-0.3, -0.25) is 5.43 Å². The largest absolute Gasteiger partial charge is 0.392 e. The van der Waals surface area contributed by atoms with Gasteiger partial charge in [0.25, 0.3) is 0 Å². The number of nitrogens with two attached hydrogens (primary N) is 1. The molecule has 0 radical (unpaired) electrons. The Morgan fingerprint density at radius 3 is 2.68 bits per heavy atom. The van der Waals surface area contributed by atoms with Crippen LogP contribution >= 0.6 is 0 Å². The molecule has 0 aromatic carbocycles. The Morgan fingerprint density at radius 2 is 2.06 bits per heavy atom. The Kier molecular flexibility index (Phi) is 5.03. The van der Waals surface area contributed by atoms with Crippen LogP contribution in [-0.4, -0.2) is 54.2 Å². The van der Waals surface area contributed by atoms with Crippen molar-refractivity contribution in [2.45, 2.75) is 57.9 Å². The number of fused-ring (bicyclic) bond motifs is 1. The van der Waals surface area contributed by atoms with Crippen LogP contribution in [0.25, 0.3) is 17.7 Å². The van der Waals surface area contributed by atoms with E-state index in [-0.39, 0.29) is 24.0 Å². The van der Waals surface area contributed by atoms with Crippen LogP contribution in [0.1, 0.15) is 39.2 Å². The summed E-state index contributed by atoms with van der Waals surface area (Å²) < 4.78 is 5.94. The molecule has 0 spiro atoms. The number of oxime groups is 1. The number of nitrogens with one attached hydrogen (secondary N) is 2. The average Bonchev–Trinajstić information content (AvgIpc) is 3.34. The molecule has 0 amide bonds. The number of hydrogen-bond donors (Lipinski definition) is 3. The zero-order valence-electron chi connectivity index (χ0n) is 19.2. The van der Waals surface area contributed by atoms with Crippen LogP contribution in [0.5, 0.6) is 0 Å². The number of hydrazine groups is 1. The number of hydrogen-bond acceptors (Lipinski definition) is 6. The normalized spacial score (nSPS) is 37.6. The van der Waals surface area contributed by atoms with Crippen molar-refractivity contribution in [2.24, 2.45) is 28.8 Å². The van der Waals surface area contributed by atoms with E-state index >= 15 is 0 Å². The van der Waals surface area contributed by atoms with Gasteiger partial charge < -0.3 is 20.3 Å². The molecule has 1 aromatic heterocycles. The summed E-state index contributed by atoms with van der Waals surface area (Å²) in [6, 6.07) is 0.781. The van der Waals surface area contributed by atoms with Gasteiger partial charge in [-0.05, 0) is 51.2 Å². The maximum Gasteiger partial charge on any atom is 0.133 e. The number of methoxy groups -OCH3 is 1. The van der Waals surface area contributed by atoms with Gasteiger partial charge in [-0.15, -0.1) is 0 Å². The minimum atomic E-state index is -0.0745. The van der Waals surface area contributed by atoms with Gasteiger partial charge in [-0.25, -0.2) is 5.01 Å². The van der Waals surface area contributed by atoms with Gasteiger partial charge in [-0.2, -0.15) is 0 Å². The molecule has 7 nitrogen and oxygen atoms in total. The topological polar surface area (TPSA) is 87.9 Å². The van der Waals surface area contributed by atoms with Crippen molar-refractivity contribution in [1.82, 2.24) is 15.4 Å². The summed E-state index contributed by atoms with van der Waals surface area (Å²) in [5.74, 6) is 2.06. The fraction of sp³-hybridized carbons (Fsp3) is 0.625. The van der Waals surface area contributed by atoms with E-state index in [9.17, 15) is 0 Å². The first-order chi connectivity index (χ1) is 14.8. The number of rotatable bonds is 5. The van der Waals surface area contributed by atoms with Crippen LogP contribution < -0.4 is 21.7 Å². The molecule has 7 heteroatoms. The number of aromatic nitrogens is 1. The van der Waals surface area contributed by atoms with E-state index in [2.05, 4.69) is 60.2 Å². The molecule has 7 atom stereocenters. The Bertz CT molecular complexity index is 1040. The van der Waals surface area contributed by atoms with Gasteiger partial charge >= 0.3 is 0 Å². The summed E-state index contributed by atoms with van der Waals surface area (Å²) >= 11 is 0. The number of aromatic amines is 1. The highest BCUT2D eigenvalue weighted by atomic mass is 16.6. The van der Waals surface area contributed by atoms with Crippen LogP contribution in [0.15, 0.2) is 11.7 Å². The fourth-order valence-electron chi connectivity index (χ4n) is 6.27. The maximum absolute atomic E-state index is 6.57. The molecular formula is C24H35N5O2. The SMILES string of the molecule is C=C(c1c(N)[nH]c2c1=CC(OC)[C@H](C1C(C)=NOC1C)C=2)[C@@H]1C(C2CC2)N(C)N[C@@H]1C. The predicted molar refractivity (Wildman–Crippen MR) is 124 cm³/mol. The Balaban J connectivity index is 1.56. The summed E-state index contributed by atoms with van der Waals surface area (Å²) in [6.07, 6.45) is 7.01. The summed E-state index contributed by atoms with van der Waals surface area (Å²) in [5, 5.41) is 8.67. The molecule has 4 N–H and O–H groups in total. The molecule has 4 unspecified atom stereocenters. The minimum Gasteiger partial charge on any atom is -0.392 e. The summed E-state index contributed by atoms with van der Waals surface area (Å²) in [4.78, 5) is 8.99. The monoisotopic (exact) mass is 425 g/mol. The zero-order chi connectivity index (χ0) is 22.0. The van der Waals surface area contributed by atoms with Crippen molar-refractivity contribution in [2.75, 3.05) is 19.9 Å². The van der Waals surface area contributed by atoms with E-state index < -0.39 is 0 Å². The van der Waals surface area contributed by atoms with Crippen molar-refractivity contribution in [3.63, 3.8) is 0 Å². The minimum absolute atomic E-state index is 0.0239. The van der Waals surface area contributed by atoms with Crippen molar-refractivity contribution in [3.8, 4) is 0 Å². The van der Waals surface area contributed by atoms with Gasteiger partial charge in [0, 0.05) is 60.1 Å². The Morgan fingerprint density at radius 1 is 1.32 bits per heavy atom. The van der Waals surface area contributed by atoms with E-state index in [4.69, 9.17) is 15.3 Å². The Labute approximate surface area is 184 Å². The molecule has 0 bridgehead atoms. The van der Waals surface area contributed by atoms with Crippen molar-refractivity contribution in [1.29, 1.82) is 0 Å². The average molecular weight is 426 g/mol. The molecule has 4 aliphatic rings. The van der Waals surface area contributed by atoms with E-state index in [1.54, 1.807) is 7.11 Å². The fourth-order valence-corrected chi connectivity index (χ4v) is 6.27. The van der Waals surface area contributed by atoms with E-state index in [1.807, 2.05) is 6.92 Å². The molecule has 168 valence electrons. The second-order valence-corrected chi connectivity index (χ2v) is 9.83. The van der Waals surface area contributed by atoms with Gasteiger partial charge in [0.1, 0.15) is 11.9 Å². The lowest BCUT2D eigenvalue weighted by molar-refractivity contribution is 0.0416. The van der Waals surface area contributed by atoms with Gasteiger partial charge in [-0.1, -0.05) is 17.8 Å². The first-order valence-corrected chi connectivity index (χ1v) is 11.4. The van der Waals surface area contributed by atoms with Crippen LogP contribution in [0, 0.1) is 23.7 Å². The van der Waals surface area contributed by atoms with Crippen molar-refractivity contribution in [3.05, 3.63) is 22.7 Å². The quantitative estimate of drug-likeness (QED) is 0.665. The molecule has 5 rings (SSSR count). The highest BCUT2D eigenvalue weighted by Gasteiger charge is 2.48. The third-order valence-corrected chi connectivity index (χ3v) is 7.80. The van der Waals surface area contributed by atoms with Crippen LogP contribution in [0.3, 0.4) is 0 Å². The molecule has 2 aliphatic heterocycles. The summed E-state index contributed by atoms with van der Waals surface area (Å²) in [7, 11) is 3.92. The second kappa shape index (κ2) is 7.50. The molecule has 3 heterocycles. The highest BCUT2D eigenvalue weighted by molar-refractivity contribution is 5.87. The molecule has 31 heavy (non-hydrogen) atoms. The molecule has 1 aromatic rings. The van der Waals surface area contributed by atoms with Crippen LogP contribution in [-0.2, 0) is 9.57 Å². The van der Waals surface area contributed by atoms with Crippen LogP contribution in [0.4, 0.5) is 5.82 Å². The smallest absolute Gasteiger partial charge is 0.133 e. The lowest BCUT2D eigenvalue weighted by Gasteiger charge is -2.30. The lowest BCUT2D eigenvalue weighted by Crippen LogP contribution is -2.43. The van der Waals surface area contributed by atoms with Crippen molar-refractivity contribution >= 4 is 29.3 Å². The number of nitrogens with zero attached hydrogens (tertiary/aromatic N) is 2. The molecule has 1 saturated heterocycles. The van der Waals surface area contributed by atoms with Gasteiger partial charge in [0.05, 0.1) is 11.8 Å². The van der Waals surface area contributed by atoms with Gasteiger partial charge in [0.15, 0.2) is 0 Å². The van der Waals surface area contributed by atoms with E-state index in [0.717, 1.165) is 33.3 Å². The number of H-pyrrole nitrogens is 1. The predicted octanol–water partition coefficient (Wildman–Crippen LogP) is 1.46. The van der Waals surface area contributed by atoms with Gasteiger partial charge in [0.2, 0.25) is 0 Å². The summed E-state index contributed by atoms with van der Waals surface area (Å²) in [6.45, 7) is 10.9. The molecule has 2 fully saturated rings. The Hall–Kier alpha value is -2.09. The third-order valence-electron chi connectivity index (χ3n) is 7.80. The number of nitrogen functional groups attached to an aromatic ring is 1. The maximum atomic E-state index is 6.57. The first kappa shape index (κ1) is 20.8. The highest BCUT2D eigenvalue weighted by Crippen LogP contribution is 2.45. The van der Waals surface area contributed by atoms with Crippen LogP contribution in [0.2, 0.25) is 0 Å². The van der Waals surface area contributed by atoms with E-state index in [1.165, 1.54) is 12.8 Å². The molecular weight excluding hydrogens is 390 g/mol. The second-order valence-electron chi connectivity index (χ2n) is 9.83. The summed E-state index contributed by atoms with van der Waals surface area (Å²) in [5.41, 5.74) is 13.3. The lowest BCUT2D eigenvalue weighted by atomic mass is 9.78. The van der Waals surface area contributed by atoms with Crippen molar-refractivity contribution < 1.29 is 9.57 Å². The number of anilines is 1. The number of ether oxygens (including phenoxy) is 1. The standard InChI is InChI=1S/C24H35N5O2/c1-11(20-12(2)27-29(5)23(20)15-7-8-15)21-16-10-19(30-6)17(9-18(16)26-24(21)25)22-13(3)28-31-14(22)4/h9-10,12,14-15,17,19-20,22-23,26-27H,1,7-8,25H2,2-6H3/t12-,14?,17-,19?,20+,22?,23?/m1/s1. The molecule has 2 aliphatic carbocycles. The first-order valence-electron chi connectivity index (χ1n) is 11.4. The third kappa shape index (κ3) is 3.25. The van der Waals surface area contributed by atoms with E-state index in [0.29, 0.717) is 23.8 Å². The zero-order valence-corrected chi connectivity index (χ0v) is 19.2.